The van der Waals surface area contributed by atoms with Gasteiger partial charge in [0, 0.05) is 6.42 Å². The number of aromatic carboxylic acids is 1. The van der Waals surface area contributed by atoms with Crippen LogP contribution in [-0.4, -0.2) is 23.5 Å². The molecule has 0 amide bonds. The number of aryl methyl sites for hydroxylation is 1. The molecule has 1 rings (SSSR count). The number of hydrogen-bond donors (Lipinski definition) is 1. The zero-order valence-electron chi connectivity index (χ0n) is 11.2. The van der Waals surface area contributed by atoms with E-state index in [9.17, 15) is 18.4 Å². The van der Waals surface area contributed by atoms with E-state index >= 15 is 0 Å². The Kier molecular flexibility index (Phi) is 5.22. The van der Waals surface area contributed by atoms with Gasteiger partial charge in [-0.3, -0.25) is 9.18 Å². The Morgan fingerprint density at radius 3 is 2.45 bits per heavy atom. The molecule has 3 nitrogen and oxygen atoms in total. The van der Waals surface area contributed by atoms with Crippen LogP contribution in [0.25, 0.3) is 0 Å². The van der Waals surface area contributed by atoms with Crippen molar-refractivity contribution in [1.82, 2.24) is 0 Å². The maximum absolute atomic E-state index is 14.0. The topological polar surface area (TPSA) is 54.4 Å². The molecule has 0 radical (unpaired) electrons. The Balaban J connectivity index is 2.93. The van der Waals surface area contributed by atoms with E-state index in [4.69, 9.17) is 16.7 Å². The normalized spacial score (nSPS) is 11.4. The number of halogens is 3. The number of ketones is 1. The molecule has 0 aliphatic heterocycles. The molecule has 0 aromatic heterocycles. The first-order chi connectivity index (χ1) is 9.20. The molecule has 0 aliphatic rings. The van der Waals surface area contributed by atoms with Gasteiger partial charge >= 0.3 is 5.97 Å². The smallest absolute Gasteiger partial charge is 0.340 e. The minimum Gasteiger partial charge on any atom is -0.478 e. The first-order valence-corrected chi connectivity index (χ1v) is 6.38. The summed E-state index contributed by atoms with van der Waals surface area (Å²) in [4.78, 5) is 22.7. The summed E-state index contributed by atoms with van der Waals surface area (Å²) in [7, 11) is 0. The van der Waals surface area contributed by atoms with Gasteiger partial charge in [0.25, 0.3) is 0 Å². The lowest BCUT2D eigenvalue weighted by Crippen LogP contribution is -2.26. The zero-order chi connectivity index (χ0) is 15.5. The molecule has 1 aromatic rings. The Bertz CT molecular complexity index is 541. The monoisotopic (exact) mass is 304 g/mol. The van der Waals surface area contributed by atoms with Crippen LogP contribution in [-0.2, 0) is 11.2 Å². The third-order valence-corrected chi connectivity index (χ3v) is 3.41. The van der Waals surface area contributed by atoms with E-state index in [2.05, 4.69) is 0 Å². The molecule has 0 aliphatic carbocycles. The number of carbonyl (C=O) groups is 2. The molecule has 20 heavy (non-hydrogen) atoms. The van der Waals surface area contributed by atoms with E-state index in [1.54, 1.807) is 0 Å². The highest BCUT2D eigenvalue weighted by molar-refractivity contribution is 6.33. The fourth-order valence-corrected chi connectivity index (χ4v) is 1.87. The van der Waals surface area contributed by atoms with Gasteiger partial charge in [-0.1, -0.05) is 31.5 Å². The largest absolute Gasteiger partial charge is 0.478 e. The fraction of sp³-hybridized carbons (Fsp3) is 0.429. The predicted molar refractivity (Wildman–Crippen MR) is 71.5 cm³/mol. The second-order valence-electron chi connectivity index (χ2n) is 5.14. The van der Waals surface area contributed by atoms with Gasteiger partial charge in [0.05, 0.1) is 10.4 Å². The van der Waals surface area contributed by atoms with E-state index in [0.717, 1.165) is 0 Å². The SMILES string of the molecule is CC(C)(CF)C(=O)CCc1ccc(Cl)c(C(=O)O)c1F. The summed E-state index contributed by atoms with van der Waals surface area (Å²) < 4.78 is 26.6. The standard InChI is InChI=1S/C14H15ClF2O3/c1-14(2,7-16)10(18)6-4-8-3-5-9(15)11(12(8)17)13(19)20/h3,5H,4,6-7H2,1-2H3,(H,19,20). The summed E-state index contributed by atoms with van der Waals surface area (Å²) in [5.74, 6) is -2.76. The molecule has 6 heteroatoms. The lowest BCUT2D eigenvalue weighted by Gasteiger charge is -2.18. The van der Waals surface area contributed by atoms with Gasteiger partial charge in [0.2, 0.25) is 0 Å². The Morgan fingerprint density at radius 1 is 1.35 bits per heavy atom. The molecule has 1 N–H and O–H groups in total. The van der Waals surface area contributed by atoms with Crippen molar-refractivity contribution in [3.63, 3.8) is 0 Å². The van der Waals surface area contributed by atoms with Crippen LogP contribution >= 0.6 is 11.6 Å². The molecule has 110 valence electrons. The number of carboxylic acids is 1. The van der Waals surface area contributed by atoms with Crippen LogP contribution in [0.5, 0.6) is 0 Å². The highest BCUT2D eigenvalue weighted by Gasteiger charge is 2.27. The van der Waals surface area contributed by atoms with Crippen LogP contribution < -0.4 is 0 Å². The lowest BCUT2D eigenvalue weighted by atomic mass is 9.86. The molecule has 0 saturated carbocycles. The molecule has 1 aromatic carbocycles. The molecule has 0 bridgehead atoms. The molecule has 0 heterocycles. The van der Waals surface area contributed by atoms with Gasteiger partial charge in [-0.05, 0) is 18.1 Å². The van der Waals surface area contributed by atoms with Gasteiger partial charge in [-0.15, -0.1) is 0 Å². The summed E-state index contributed by atoms with van der Waals surface area (Å²) >= 11 is 5.62. The van der Waals surface area contributed by atoms with Gasteiger partial charge in [-0.2, -0.15) is 0 Å². The van der Waals surface area contributed by atoms with Crippen LogP contribution in [0.15, 0.2) is 12.1 Å². The number of carbonyl (C=O) groups excluding carboxylic acids is 1. The van der Waals surface area contributed by atoms with Gasteiger partial charge in [-0.25, -0.2) is 9.18 Å². The average molecular weight is 305 g/mol. The predicted octanol–water partition coefficient (Wildman–Crippen LogP) is 3.67. The summed E-state index contributed by atoms with van der Waals surface area (Å²) in [6.07, 6.45) is -0.0555. The van der Waals surface area contributed by atoms with Gasteiger partial charge < -0.3 is 5.11 Å². The van der Waals surface area contributed by atoms with Crippen LogP contribution in [0.4, 0.5) is 8.78 Å². The first-order valence-electron chi connectivity index (χ1n) is 6.00. The minimum atomic E-state index is -1.47. The highest BCUT2D eigenvalue weighted by atomic mass is 35.5. The fourth-order valence-electron chi connectivity index (χ4n) is 1.65. The van der Waals surface area contributed by atoms with Crippen molar-refractivity contribution in [2.75, 3.05) is 6.67 Å². The Labute approximate surface area is 120 Å². The van der Waals surface area contributed by atoms with Crippen molar-refractivity contribution in [1.29, 1.82) is 0 Å². The number of rotatable bonds is 6. The van der Waals surface area contributed by atoms with E-state index in [1.807, 2.05) is 0 Å². The summed E-state index contributed by atoms with van der Waals surface area (Å²) in [5, 5.41) is 8.67. The number of benzene rings is 1. The van der Waals surface area contributed by atoms with Crippen molar-refractivity contribution in [2.24, 2.45) is 5.41 Å². The second-order valence-corrected chi connectivity index (χ2v) is 5.55. The summed E-state index contributed by atoms with van der Waals surface area (Å²) in [5.41, 5.74) is -1.64. The number of hydrogen-bond acceptors (Lipinski definition) is 2. The molecule has 0 saturated heterocycles. The van der Waals surface area contributed by atoms with Crippen molar-refractivity contribution < 1.29 is 23.5 Å². The van der Waals surface area contributed by atoms with E-state index < -0.39 is 29.4 Å². The quantitative estimate of drug-likeness (QED) is 0.872. The number of Topliss-reactive ketones (excluding diaryl/α,β-unsaturated/α-hetero) is 1. The zero-order valence-corrected chi connectivity index (χ0v) is 11.9. The molecular weight excluding hydrogens is 290 g/mol. The number of carboxylic acid groups (broad SMARTS) is 1. The molecule has 0 unspecified atom stereocenters. The van der Waals surface area contributed by atoms with Gasteiger partial charge in [0.15, 0.2) is 0 Å². The highest BCUT2D eigenvalue weighted by Crippen LogP contribution is 2.25. The van der Waals surface area contributed by atoms with Crippen LogP contribution in [0.3, 0.4) is 0 Å². The van der Waals surface area contributed by atoms with Crippen molar-refractivity contribution >= 4 is 23.4 Å². The van der Waals surface area contributed by atoms with E-state index in [1.165, 1.54) is 26.0 Å². The van der Waals surface area contributed by atoms with Crippen molar-refractivity contribution in [3.8, 4) is 0 Å². The molecule has 0 fully saturated rings. The second kappa shape index (κ2) is 6.31. The van der Waals surface area contributed by atoms with Crippen LogP contribution in [0, 0.1) is 11.2 Å². The molecule has 0 spiro atoms. The van der Waals surface area contributed by atoms with E-state index in [-0.39, 0.29) is 29.2 Å². The Hall–Kier alpha value is -1.49. The van der Waals surface area contributed by atoms with Crippen LogP contribution in [0.2, 0.25) is 5.02 Å². The Morgan fingerprint density at radius 2 is 1.95 bits per heavy atom. The van der Waals surface area contributed by atoms with Crippen molar-refractivity contribution in [2.45, 2.75) is 26.7 Å². The van der Waals surface area contributed by atoms with Crippen molar-refractivity contribution in [3.05, 3.63) is 34.1 Å². The average Bonchev–Trinajstić information content (AvgIpc) is 2.37. The van der Waals surface area contributed by atoms with E-state index in [0.29, 0.717) is 0 Å². The maximum Gasteiger partial charge on any atom is 0.340 e. The first kappa shape index (κ1) is 16.6. The lowest BCUT2D eigenvalue weighted by molar-refractivity contribution is -0.127. The maximum atomic E-state index is 14.0. The molecular formula is C14H15ClF2O3. The van der Waals surface area contributed by atoms with Crippen LogP contribution in [0.1, 0.15) is 36.2 Å². The third-order valence-electron chi connectivity index (χ3n) is 3.10. The summed E-state index contributed by atoms with van der Waals surface area (Å²) in [6.45, 7) is 2.14. The third kappa shape index (κ3) is 3.54. The number of alkyl halides is 1. The van der Waals surface area contributed by atoms with Gasteiger partial charge in [0.1, 0.15) is 23.8 Å². The minimum absolute atomic E-state index is 0.00550. The summed E-state index contributed by atoms with van der Waals surface area (Å²) in [6, 6.07) is 2.61. The molecule has 0 atom stereocenters.